The van der Waals surface area contributed by atoms with E-state index in [1.807, 2.05) is 133 Å². The van der Waals surface area contributed by atoms with Crippen LogP contribution < -0.4 is 0 Å². The van der Waals surface area contributed by atoms with Crippen molar-refractivity contribution in [1.29, 1.82) is 5.26 Å². The molecule has 3 nitrogen and oxygen atoms in total. The molecule has 9 heteroatoms. The Balaban J connectivity index is 1.13. The fourth-order valence-corrected chi connectivity index (χ4v) is 11.1. The van der Waals surface area contributed by atoms with Gasteiger partial charge in [0.25, 0.3) is 0 Å². The molecule has 374 valence electrons. The van der Waals surface area contributed by atoms with Gasteiger partial charge >= 0.3 is 12.4 Å². The average Bonchev–Trinajstić information content (AvgIpc) is 4.20. The van der Waals surface area contributed by atoms with Crippen molar-refractivity contribution >= 4 is 43.6 Å². The van der Waals surface area contributed by atoms with Gasteiger partial charge in [-0.05, 0) is 141 Å². The zero-order valence-corrected chi connectivity index (χ0v) is 41.3. The van der Waals surface area contributed by atoms with Gasteiger partial charge in [0, 0.05) is 32.7 Å². The zero-order chi connectivity index (χ0) is 53.3. The van der Waals surface area contributed by atoms with Crippen LogP contribution in [0.5, 0.6) is 0 Å². The van der Waals surface area contributed by atoms with Crippen molar-refractivity contribution in [1.82, 2.24) is 9.13 Å². The molecule has 0 aliphatic heterocycles. The number of benzene rings is 11. The highest BCUT2D eigenvalue weighted by Gasteiger charge is 2.37. The molecule has 2 aromatic heterocycles. The molecule has 0 unspecified atom stereocenters. The Kier molecular flexibility index (Phi) is 11.5. The summed E-state index contributed by atoms with van der Waals surface area (Å²) in [7, 11) is 0. The molecule has 13 aromatic rings. The average molecular weight is 1030 g/mol. The molecular formula is C69H41F6N3. The van der Waals surface area contributed by atoms with E-state index in [0.717, 1.165) is 100 Å². The molecule has 0 radical (unpaired) electrons. The number of fused-ring (bicyclic) bond motifs is 6. The van der Waals surface area contributed by atoms with Crippen LogP contribution in [0.25, 0.3) is 122 Å². The number of halogens is 6. The minimum Gasteiger partial charge on any atom is -0.309 e. The maximum atomic E-state index is 14.6. The summed E-state index contributed by atoms with van der Waals surface area (Å²) >= 11 is 0. The van der Waals surface area contributed by atoms with Crippen molar-refractivity contribution in [2.45, 2.75) is 12.4 Å². The fourth-order valence-electron chi connectivity index (χ4n) is 11.1. The van der Waals surface area contributed by atoms with Crippen LogP contribution in [-0.2, 0) is 12.4 Å². The van der Waals surface area contributed by atoms with Crippen molar-refractivity contribution < 1.29 is 26.3 Å². The quantitative estimate of drug-likeness (QED) is 0.140. The van der Waals surface area contributed by atoms with Gasteiger partial charge in [-0.25, -0.2) is 0 Å². The van der Waals surface area contributed by atoms with E-state index in [1.165, 1.54) is 0 Å². The van der Waals surface area contributed by atoms with Gasteiger partial charge in [-0.15, -0.1) is 0 Å². The third kappa shape index (κ3) is 8.44. The Morgan fingerprint density at radius 1 is 0.282 bits per heavy atom. The third-order valence-corrected chi connectivity index (χ3v) is 14.8. The van der Waals surface area contributed by atoms with Gasteiger partial charge in [-0.2, -0.15) is 31.6 Å². The van der Waals surface area contributed by atoms with Crippen LogP contribution >= 0.6 is 0 Å². The summed E-state index contributed by atoms with van der Waals surface area (Å²) in [6.07, 6.45) is -10.1. The number of rotatable bonds is 8. The largest absolute Gasteiger partial charge is 0.416 e. The highest BCUT2D eigenvalue weighted by Crippen LogP contribution is 2.46. The first-order valence-corrected chi connectivity index (χ1v) is 25.3. The number of hydrogen-bond acceptors (Lipinski definition) is 1. The lowest BCUT2D eigenvalue weighted by Gasteiger charge is -2.21. The molecule has 0 fully saturated rings. The van der Waals surface area contributed by atoms with Gasteiger partial charge in [0.2, 0.25) is 0 Å². The zero-order valence-electron chi connectivity index (χ0n) is 41.3. The Morgan fingerprint density at radius 2 is 0.590 bits per heavy atom. The monoisotopic (exact) mass is 1030 g/mol. The molecule has 13 rings (SSSR count). The summed E-state index contributed by atoms with van der Waals surface area (Å²) in [6.45, 7) is 0. The van der Waals surface area contributed by atoms with Crippen molar-refractivity contribution in [3.8, 4) is 84.2 Å². The predicted molar refractivity (Wildman–Crippen MR) is 302 cm³/mol. The van der Waals surface area contributed by atoms with E-state index < -0.39 is 23.5 Å². The van der Waals surface area contributed by atoms with Crippen LogP contribution in [0.15, 0.2) is 249 Å². The normalized spacial score (nSPS) is 12.0. The van der Waals surface area contributed by atoms with Crippen LogP contribution in [0.4, 0.5) is 26.3 Å². The van der Waals surface area contributed by atoms with Gasteiger partial charge in [0.15, 0.2) is 0 Å². The number of hydrogen-bond donors (Lipinski definition) is 0. The molecule has 0 spiro atoms. The van der Waals surface area contributed by atoms with Crippen molar-refractivity contribution in [2.75, 3.05) is 0 Å². The SMILES string of the molecule is N#Cc1ccc(-c2ccc(-c3cc(C(F)(F)F)cc(C(F)(F)F)c3)cc2-n2c3ccc(-c4ccccc4)cc3c3cc(-c4ccccc4)ccc32)c(-n2c3ccc(-c4ccccc4)cc3c3cc(-c4ccccc4)ccc32)c1. The first-order chi connectivity index (χ1) is 37.9. The van der Waals surface area contributed by atoms with E-state index in [9.17, 15) is 31.6 Å². The van der Waals surface area contributed by atoms with Crippen molar-refractivity contribution in [2.24, 2.45) is 0 Å². The fraction of sp³-hybridized carbons (Fsp3) is 0.0290. The number of aromatic nitrogens is 2. The van der Waals surface area contributed by atoms with Crippen LogP contribution in [0.3, 0.4) is 0 Å². The summed E-state index contributed by atoms with van der Waals surface area (Å²) in [5, 5.41) is 14.3. The summed E-state index contributed by atoms with van der Waals surface area (Å²) < 4.78 is 91.7. The molecule has 0 aliphatic rings. The van der Waals surface area contributed by atoms with Crippen LogP contribution in [-0.4, -0.2) is 9.13 Å². The maximum absolute atomic E-state index is 14.6. The minimum absolute atomic E-state index is 0.135. The molecular weight excluding hydrogens is 985 g/mol. The minimum atomic E-state index is -5.07. The van der Waals surface area contributed by atoms with E-state index in [0.29, 0.717) is 28.1 Å². The first kappa shape index (κ1) is 47.8. The van der Waals surface area contributed by atoms with Crippen LogP contribution in [0, 0.1) is 11.3 Å². The van der Waals surface area contributed by atoms with Gasteiger partial charge in [-0.3, -0.25) is 0 Å². The standard InChI is InChI=1S/C69H41F6N3/c70-68(71,72)54-34-53(35-55(41-54)69(73,74)75)52-22-28-57(67(40-52)78-64-31-25-50(46-17-9-3-10-18-46)38-60(64)61-39-51(26-32-65(61)78)47-19-11-4-12-20-47)56-27-21-43(42-76)33-66(56)77-62-29-23-48(44-13-5-1-6-14-44)36-58(62)59-37-49(24-30-63(59)77)45-15-7-2-8-16-45/h1-41H. The number of alkyl halides is 6. The number of nitrogens with zero attached hydrogens (tertiary/aromatic N) is 3. The lowest BCUT2D eigenvalue weighted by atomic mass is 9.94. The van der Waals surface area contributed by atoms with Crippen molar-refractivity contribution in [3.05, 3.63) is 265 Å². The molecule has 0 aliphatic carbocycles. The second-order valence-corrected chi connectivity index (χ2v) is 19.4. The molecule has 0 atom stereocenters. The van der Waals surface area contributed by atoms with E-state index in [1.54, 1.807) is 24.3 Å². The Hall–Kier alpha value is -9.91. The Bertz CT molecular complexity index is 4280. The third-order valence-electron chi connectivity index (χ3n) is 14.8. The van der Waals surface area contributed by atoms with Crippen molar-refractivity contribution in [3.63, 3.8) is 0 Å². The summed E-state index contributed by atoms with van der Waals surface area (Å²) in [6, 6.07) is 79.8. The van der Waals surface area contributed by atoms with Gasteiger partial charge < -0.3 is 9.13 Å². The second-order valence-electron chi connectivity index (χ2n) is 19.4. The summed E-state index contributed by atoms with van der Waals surface area (Å²) in [5.41, 5.74) is 11.0. The molecule has 0 bridgehead atoms. The number of nitriles is 1. The van der Waals surface area contributed by atoms with Gasteiger partial charge in [0.1, 0.15) is 0 Å². The van der Waals surface area contributed by atoms with Crippen LogP contribution in [0.1, 0.15) is 16.7 Å². The van der Waals surface area contributed by atoms with Gasteiger partial charge in [0.05, 0.1) is 56.2 Å². The topological polar surface area (TPSA) is 33.6 Å². The molecule has 11 aromatic carbocycles. The maximum Gasteiger partial charge on any atom is 0.416 e. The second kappa shape index (κ2) is 18.7. The Morgan fingerprint density at radius 3 is 0.923 bits per heavy atom. The predicted octanol–water partition coefficient (Wildman–Crippen LogP) is 19.8. The summed E-state index contributed by atoms with van der Waals surface area (Å²) in [4.78, 5) is 0. The lowest BCUT2D eigenvalue weighted by Crippen LogP contribution is -2.11. The highest BCUT2D eigenvalue weighted by molar-refractivity contribution is 6.14. The van der Waals surface area contributed by atoms with Crippen LogP contribution in [0.2, 0.25) is 0 Å². The van der Waals surface area contributed by atoms with Gasteiger partial charge in [-0.1, -0.05) is 164 Å². The lowest BCUT2D eigenvalue weighted by molar-refractivity contribution is -0.143. The molecule has 2 heterocycles. The summed E-state index contributed by atoms with van der Waals surface area (Å²) in [5.74, 6) is 0. The first-order valence-electron chi connectivity index (χ1n) is 25.3. The van der Waals surface area contributed by atoms with E-state index in [-0.39, 0.29) is 17.2 Å². The highest BCUT2D eigenvalue weighted by atomic mass is 19.4. The van der Waals surface area contributed by atoms with E-state index in [4.69, 9.17) is 0 Å². The molecule has 78 heavy (non-hydrogen) atoms. The van der Waals surface area contributed by atoms with E-state index >= 15 is 0 Å². The smallest absolute Gasteiger partial charge is 0.309 e. The molecule has 0 amide bonds. The Labute approximate surface area is 444 Å². The molecule has 0 N–H and O–H groups in total. The molecule has 0 saturated carbocycles. The van der Waals surface area contributed by atoms with E-state index in [2.05, 4.69) is 88.0 Å². The molecule has 0 saturated heterocycles.